The quantitative estimate of drug-likeness (QED) is 0.180. The first-order chi connectivity index (χ1) is 19.0. The zero-order valence-electron chi connectivity index (χ0n) is 22.5. The van der Waals surface area contributed by atoms with E-state index in [1.807, 2.05) is 0 Å². The van der Waals surface area contributed by atoms with E-state index in [1.54, 1.807) is 0 Å². The number of aliphatic hydroxyl groups is 1. The molecule has 0 radical (unpaired) electrons. The molecule has 0 saturated heterocycles. The fourth-order valence-corrected chi connectivity index (χ4v) is 6.04. The number of nitrogens with zero attached hydrogens (tertiary/aromatic N) is 2. The van der Waals surface area contributed by atoms with E-state index in [0.29, 0.717) is 0 Å². The standard InChI is InChI=1S/C18H24F17N2O5S2.ClH/c1-4-6-36(7-5-10-43(39,40)37(2,3)8-9-38)44(41,42)18(34,35)16(29,30)14(25,26)12(21,22)11(19,20)13(23,24)15(27,28)17(31,32)33;/h38H,4-10H2,1-3H3;1H/q+1;/p-1. The van der Waals surface area contributed by atoms with Crippen molar-refractivity contribution in [1.29, 1.82) is 0 Å². The summed E-state index contributed by atoms with van der Waals surface area (Å²) in [6.07, 6.45) is -9.75. The van der Waals surface area contributed by atoms with Crippen molar-refractivity contribution in [3.8, 4) is 0 Å². The molecule has 0 spiro atoms. The van der Waals surface area contributed by atoms with Gasteiger partial charge in [0.25, 0.3) is 20.0 Å². The van der Waals surface area contributed by atoms with Crippen LogP contribution in [-0.2, 0) is 20.0 Å². The van der Waals surface area contributed by atoms with E-state index >= 15 is 0 Å². The van der Waals surface area contributed by atoms with Crippen LogP contribution in [0.15, 0.2) is 0 Å². The Labute approximate surface area is 250 Å². The topological polar surface area (TPSA) is 91.8 Å². The molecule has 0 aliphatic heterocycles. The highest BCUT2D eigenvalue weighted by atomic mass is 35.5. The summed E-state index contributed by atoms with van der Waals surface area (Å²) in [5.74, 6) is -53.4. The van der Waals surface area contributed by atoms with E-state index in [9.17, 15) is 91.5 Å². The molecule has 1 N–H and O–H groups in total. The van der Waals surface area contributed by atoms with Crippen LogP contribution < -0.4 is 12.4 Å². The summed E-state index contributed by atoms with van der Waals surface area (Å²) in [5, 5.41) is 1.18. The van der Waals surface area contributed by atoms with Gasteiger partial charge in [0, 0.05) is 13.1 Å². The number of alkyl halides is 17. The zero-order chi connectivity index (χ0) is 36.0. The summed E-state index contributed by atoms with van der Waals surface area (Å²) in [6, 6.07) is 0. The van der Waals surface area contributed by atoms with Gasteiger partial charge in [0.1, 0.15) is 12.3 Å². The van der Waals surface area contributed by atoms with E-state index in [2.05, 4.69) is 0 Å². The Morgan fingerprint density at radius 2 is 0.978 bits per heavy atom. The number of sulfonamides is 2. The van der Waals surface area contributed by atoms with Crippen LogP contribution >= 0.6 is 0 Å². The van der Waals surface area contributed by atoms with Crippen molar-refractivity contribution in [3.05, 3.63) is 0 Å². The lowest BCUT2D eigenvalue weighted by atomic mass is 9.91. The van der Waals surface area contributed by atoms with Crippen molar-refractivity contribution in [3.63, 3.8) is 0 Å². The van der Waals surface area contributed by atoms with Gasteiger partial charge in [-0.2, -0.15) is 87.4 Å². The monoisotopic (exact) mass is 770 g/mol. The lowest BCUT2D eigenvalue weighted by Gasteiger charge is -2.43. The maximum atomic E-state index is 14.5. The molecule has 0 aromatic heterocycles. The SMILES string of the molecule is CCCN(CCCS(=O)(=O)[N+](C)(C)CCO)S(=O)(=O)C(F)(F)C(F)(F)C(F)(F)C(F)(F)C(F)(F)C(F)(F)C(F)(F)C(F)(F)F.[Cl-]. The second-order valence-corrected chi connectivity index (χ2v) is 14.1. The highest BCUT2D eigenvalue weighted by Gasteiger charge is 2.96. The third-order valence-electron chi connectivity index (χ3n) is 6.03. The lowest BCUT2D eigenvalue weighted by molar-refractivity contribution is -0.763. The number of aliphatic hydroxyl groups excluding tert-OH is 1. The molecule has 45 heavy (non-hydrogen) atoms. The van der Waals surface area contributed by atoms with Crippen LogP contribution in [0, 0.1) is 0 Å². The maximum Gasteiger partial charge on any atom is 0.460 e. The number of quaternary nitrogens is 1. The van der Waals surface area contributed by atoms with Gasteiger partial charge in [-0.3, -0.25) is 0 Å². The zero-order valence-corrected chi connectivity index (χ0v) is 24.9. The summed E-state index contributed by atoms with van der Waals surface area (Å²) in [5.41, 5.74) is 0. The summed E-state index contributed by atoms with van der Waals surface area (Å²) in [4.78, 5) is 0. The van der Waals surface area contributed by atoms with Gasteiger partial charge in [-0.1, -0.05) is 6.92 Å². The van der Waals surface area contributed by atoms with Gasteiger partial charge in [-0.15, -0.1) is 0 Å². The average molecular weight is 771 g/mol. The van der Waals surface area contributed by atoms with Gasteiger partial charge >= 0.3 is 47.0 Å². The summed E-state index contributed by atoms with van der Waals surface area (Å²) in [7, 11) is -10.0. The molecule has 7 nitrogen and oxygen atoms in total. The molecule has 0 bridgehead atoms. The molecule has 274 valence electrons. The Bertz CT molecular complexity index is 1230. The Balaban J connectivity index is 0. The number of likely N-dealkylation sites (N-methyl/N-ethyl adjacent to an activating group) is 1. The van der Waals surface area contributed by atoms with E-state index in [-0.39, 0.29) is 12.4 Å². The fraction of sp³-hybridized carbons (Fsp3) is 1.00. The van der Waals surface area contributed by atoms with Gasteiger partial charge in [0.05, 0.1) is 20.7 Å². The molecule has 27 heteroatoms. The van der Waals surface area contributed by atoms with Crippen molar-refractivity contribution >= 4 is 20.0 Å². The van der Waals surface area contributed by atoms with Crippen molar-refractivity contribution in [2.24, 2.45) is 0 Å². The van der Waals surface area contributed by atoms with Gasteiger partial charge < -0.3 is 17.5 Å². The van der Waals surface area contributed by atoms with Crippen LogP contribution in [-0.4, -0.2) is 123 Å². The molecule has 0 rings (SSSR count). The minimum Gasteiger partial charge on any atom is -1.00 e. The first-order valence-electron chi connectivity index (χ1n) is 11.4. The number of rotatable bonds is 17. The highest BCUT2D eigenvalue weighted by molar-refractivity contribution is 7.90. The van der Waals surface area contributed by atoms with Crippen molar-refractivity contribution in [2.75, 3.05) is 46.1 Å². The normalized spacial score (nSPS) is 15.8. The van der Waals surface area contributed by atoms with Crippen molar-refractivity contribution < 1.29 is 113 Å². The smallest absolute Gasteiger partial charge is 0.460 e. The van der Waals surface area contributed by atoms with E-state index in [0.717, 1.165) is 21.0 Å². The predicted octanol–water partition coefficient (Wildman–Crippen LogP) is 1.79. The number of halogens is 18. The molecule has 0 heterocycles. The van der Waals surface area contributed by atoms with E-state index in [1.165, 1.54) is 0 Å². The van der Waals surface area contributed by atoms with Gasteiger partial charge in [-0.05, 0) is 12.8 Å². The van der Waals surface area contributed by atoms with Gasteiger partial charge in [0.2, 0.25) is 0 Å². The third kappa shape index (κ3) is 7.18. The molecule has 0 aromatic rings. The second kappa shape index (κ2) is 13.4. The minimum absolute atomic E-state index is 0. The second-order valence-electron chi connectivity index (χ2n) is 9.53. The average Bonchev–Trinajstić information content (AvgIpc) is 2.81. The number of hydrogen-bond acceptors (Lipinski definition) is 5. The minimum atomic E-state index is -8.94. The van der Waals surface area contributed by atoms with Crippen molar-refractivity contribution in [1.82, 2.24) is 4.31 Å². The van der Waals surface area contributed by atoms with Crippen LogP contribution in [0.1, 0.15) is 19.8 Å². The van der Waals surface area contributed by atoms with Crippen LogP contribution in [0.4, 0.5) is 74.6 Å². The molecule has 0 aliphatic carbocycles. The Morgan fingerprint density at radius 3 is 1.31 bits per heavy atom. The lowest BCUT2D eigenvalue weighted by Crippen LogP contribution is -3.00. The van der Waals surface area contributed by atoms with Crippen LogP contribution in [0.5, 0.6) is 0 Å². The first-order valence-corrected chi connectivity index (χ1v) is 14.4. The largest absolute Gasteiger partial charge is 1.00 e. The Kier molecular flexibility index (Phi) is 13.7. The maximum absolute atomic E-state index is 14.5. The molecule has 0 aliphatic rings. The van der Waals surface area contributed by atoms with Gasteiger partial charge in [-0.25, -0.2) is 12.3 Å². The Morgan fingerprint density at radius 1 is 0.622 bits per heavy atom. The first kappa shape index (κ1) is 46.0. The van der Waals surface area contributed by atoms with E-state index in [4.69, 9.17) is 5.11 Å². The molecule has 0 amide bonds. The molecule has 0 unspecified atom stereocenters. The fourth-order valence-electron chi connectivity index (χ4n) is 3.13. The van der Waals surface area contributed by atoms with Gasteiger partial charge in [0.15, 0.2) is 0 Å². The van der Waals surface area contributed by atoms with Crippen LogP contribution in [0.25, 0.3) is 0 Å². The Hall–Kier alpha value is -1.12. The van der Waals surface area contributed by atoms with Crippen LogP contribution in [0.3, 0.4) is 0 Å². The van der Waals surface area contributed by atoms with E-state index < -0.39 is 120 Å². The molecule has 0 saturated carbocycles. The van der Waals surface area contributed by atoms with Crippen molar-refractivity contribution in [2.45, 2.75) is 66.7 Å². The summed E-state index contributed by atoms with van der Waals surface area (Å²) in [6.45, 7) is -3.36. The highest BCUT2D eigenvalue weighted by Crippen LogP contribution is 2.64. The molecular formula is C18H24ClF17N2O5S2. The summed E-state index contributed by atoms with van der Waals surface area (Å²) >= 11 is 0. The molecule has 0 aromatic carbocycles. The molecular weight excluding hydrogens is 747 g/mol. The number of hydrogen-bond donors (Lipinski definition) is 1. The molecule has 0 fully saturated rings. The third-order valence-corrected chi connectivity index (χ3v) is 10.5. The summed E-state index contributed by atoms with van der Waals surface area (Å²) < 4.78 is 277. The van der Waals surface area contributed by atoms with Crippen LogP contribution in [0.2, 0.25) is 0 Å². The molecule has 0 atom stereocenters. The predicted molar refractivity (Wildman–Crippen MR) is 114 cm³/mol.